The third kappa shape index (κ3) is 5.24. The van der Waals surface area contributed by atoms with Crippen LogP contribution in [-0.4, -0.2) is 19.3 Å². The van der Waals surface area contributed by atoms with Crippen LogP contribution in [0.15, 0.2) is 65.7 Å². The smallest absolute Gasteiger partial charge is 0.261 e. The minimum absolute atomic E-state index is 0.181. The molecule has 0 radical (unpaired) electrons. The maximum Gasteiger partial charge on any atom is 0.261 e. The van der Waals surface area contributed by atoms with Crippen LogP contribution < -0.4 is 10.0 Å². The molecule has 3 rings (SSSR count). The Balaban J connectivity index is 1.75. The second-order valence-corrected chi connectivity index (χ2v) is 8.81. The van der Waals surface area contributed by atoms with Crippen molar-refractivity contribution in [3.8, 4) is 0 Å². The largest absolute Gasteiger partial charge is 0.348 e. The molecule has 0 fully saturated rings. The van der Waals surface area contributed by atoms with Crippen LogP contribution in [0.5, 0.6) is 0 Å². The molecule has 0 spiro atoms. The summed E-state index contributed by atoms with van der Waals surface area (Å²) in [6.45, 7) is 6.04. The van der Waals surface area contributed by atoms with Crippen molar-refractivity contribution >= 4 is 21.6 Å². The third-order valence-electron chi connectivity index (χ3n) is 4.81. The number of sulfonamides is 1. The quantitative estimate of drug-likeness (QED) is 0.601. The molecule has 3 aromatic rings. The number of aromatic nitrogens is 1. The Hall–Kier alpha value is -3.19. The van der Waals surface area contributed by atoms with Crippen LogP contribution in [0, 0.1) is 13.8 Å². The van der Waals surface area contributed by atoms with E-state index in [1.807, 2.05) is 26.0 Å². The van der Waals surface area contributed by atoms with Gasteiger partial charge in [0.25, 0.3) is 15.9 Å². The van der Waals surface area contributed by atoms with Gasteiger partial charge in [-0.25, -0.2) is 8.42 Å². The van der Waals surface area contributed by atoms with Crippen LogP contribution in [0.1, 0.15) is 39.7 Å². The van der Waals surface area contributed by atoms with E-state index >= 15 is 0 Å². The minimum atomic E-state index is -3.75. The summed E-state index contributed by atoms with van der Waals surface area (Å²) in [5.74, 6) is -0.289. The standard InChI is InChI=1S/C23H25N3O3S/c1-4-18-8-11-21(12-9-18)30(28,29)26-22-13-20(10-5-16(22)2)23(27)25-15-19-7-6-17(3)24-14-19/h5-14,26H,4,15H2,1-3H3,(H,25,27). The fourth-order valence-corrected chi connectivity index (χ4v) is 3.99. The van der Waals surface area contributed by atoms with Crippen molar-refractivity contribution in [3.05, 3.63) is 88.7 Å². The predicted molar refractivity (Wildman–Crippen MR) is 118 cm³/mol. The number of nitrogens with one attached hydrogen (secondary N) is 2. The molecule has 0 aliphatic heterocycles. The number of carbonyl (C=O) groups excluding carboxylic acids is 1. The SMILES string of the molecule is CCc1ccc(S(=O)(=O)Nc2cc(C(=O)NCc3ccc(C)nc3)ccc2C)cc1. The van der Waals surface area contributed by atoms with E-state index in [0.717, 1.165) is 28.8 Å². The summed E-state index contributed by atoms with van der Waals surface area (Å²) < 4.78 is 28.1. The molecule has 6 nitrogen and oxygen atoms in total. The number of carbonyl (C=O) groups is 1. The van der Waals surface area contributed by atoms with Gasteiger partial charge in [-0.3, -0.25) is 14.5 Å². The molecule has 0 saturated heterocycles. The lowest BCUT2D eigenvalue weighted by molar-refractivity contribution is 0.0951. The van der Waals surface area contributed by atoms with Crippen molar-refractivity contribution < 1.29 is 13.2 Å². The fraction of sp³-hybridized carbons (Fsp3) is 0.217. The Bertz CT molecular complexity index is 1140. The van der Waals surface area contributed by atoms with Crippen molar-refractivity contribution in [2.75, 3.05) is 4.72 Å². The zero-order valence-electron chi connectivity index (χ0n) is 17.3. The maximum absolute atomic E-state index is 12.8. The molecule has 7 heteroatoms. The van der Waals surface area contributed by atoms with Crippen LogP contribution in [0.4, 0.5) is 5.69 Å². The Kier molecular flexibility index (Phi) is 6.52. The minimum Gasteiger partial charge on any atom is -0.348 e. The number of pyridine rings is 1. The number of benzene rings is 2. The van der Waals surface area contributed by atoms with Gasteiger partial charge in [-0.1, -0.05) is 31.2 Å². The predicted octanol–water partition coefficient (Wildman–Crippen LogP) is 3.99. The fourth-order valence-electron chi connectivity index (χ4n) is 2.87. The van der Waals surface area contributed by atoms with E-state index in [4.69, 9.17) is 0 Å². The van der Waals surface area contributed by atoms with Crippen LogP contribution in [0.3, 0.4) is 0 Å². The maximum atomic E-state index is 12.8. The molecule has 0 saturated carbocycles. The van der Waals surface area contributed by atoms with Crippen molar-refractivity contribution in [1.29, 1.82) is 0 Å². The summed E-state index contributed by atoms with van der Waals surface area (Å²) in [6, 6.07) is 15.5. The molecular formula is C23H25N3O3S. The molecule has 1 aromatic heterocycles. The molecule has 0 unspecified atom stereocenters. The normalized spacial score (nSPS) is 11.2. The molecule has 156 valence electrons. The highest BCUT2D eigenvalue weighted by atomic mass is 32.2. The molecule has 0 atom stereocenters. The van der Waals surface area contributed by atoms with Crippen LogP contribution >= 0.6 is 0 Å². The summed E-state index contributed by atoms with van der Waals surface area (Å²) >= 11 is 0. The Labute approximate surface area is 177 Å². The number of nitrogens with zero attached hydrogens (tertiary/aromatic N) is 1. The van der Waals surface area contributed by atoms with E-state index in [-0.39, 0.29) is 10.8 Å². The lowest BCUT2D eigenvalue weighted by Crippen LogP contribution is -2.23. The van der Waals surface area contributed by atoms with Gasteiger partial charge in [0.1, 0.15) is 0 Å². The Morgan fingerprint density at radius 3 is 2.30 bits per heavy atom. The van der Waals surface area contributed by atoms with Crippen LogP contribution in [0.2, 0.25) is 0 Å². The molecule has 30 heavy (non-hydrogen) atoms. The average Bonchev–Trinajstić information content (AvgIpc) is 2.74. The summed E-state index contributed by atoms with van der Waals surface area (Å²) in [6.07, 6.45) is 2.55. The van der Waals surface area contributed by atoms with Gasteiger partial charge in [0.15, 0.2) is 0 Å². The zero-order chi connectivity index (χ0) is 21.7. The summed E-state index contributed by atoms with van der Waals surface area (Å²) in [5.41, 5.74) is 4.33. The first kappa shape index (κ1) is 21.5. The molecule has 0 aliphatic rings. The van der Waals surface area contributed by atoms with Gasteiger partial charge in [-0.05, 0) is 67.3 Å². The van der Waals surface area contributed by atoms with E-state index in [0.29, 0.717) is 17.8 Å². The van der Waals surface area contributed by atoms with Crippen molar-refractivity contribution in [1.82, 2.24) is 10.3 Å². The summed E-state index contributed by atoms with van der Waals surface area (Å²) in [7, 11) is -3.75. The first-order valence-corrected chi connectivity index (χ1v) is 11.2. The van der Waals surface area contributed by atoms with Gasteiger partial charge in [0, 0.05) is 24.0 Å². The molecule has 2 N–H and O–H groups in total. The third-order valence-corrected chi connectivity index (χ3v) is 6.19. The van der Waals surface area contributed by atoms with Crippen molar-refractivity contribution in [2.45, 2.75) is 38.6 Å². The molecule has 0 aliphatic carbocycles. The zero-order valence-corrected chi connectivity index (χ0v) is 18.1. The van der Waals surface area contributed by atoms with Gasteiger partial charge in [-0.2, -0.15) is 0 Å². The van der Waals surface area contributed by atoms with E-state index in [1.54, 1.807) is 55.6 Å². The lowest BCUT2D eigenvalue weighted by atomic mass is 10.1. The van der Waals surface area contributed by atoms with E-state index in [9.17, 15) is 13.2 Å². The lowest BCUT2D eigenvalue weighted by Gasteiger charge is -2.13. The number of hydrogen-bond donors (Lipinski definition) is 2. The molecule has 1 heterocycles. The first-order valence-electron chi connectivity index (χ1n) is 9.70. The van der Waals surface area contributed by atoms with E-state index in [1.165, 1.54) is 0 Å². The highest BCUT2D eigenvalue weighted by Crippen LogP contribution is 2.22. The first-order chi connectivity index (χ1) is 14.3. The number of amides is 1. The number of anilines is 1. The van der Waals surface area contributed by atoms with E-state index < -0.39 is 10.0 Å². The monoisotopic (exact) mass is 423 g/mol. The second-order valence-electron chi connectivity index (χ2n) is 7.12. The van der Waals surface area contributed by atoms with Crippen LogP contribution in [-0.2, 0) is 23.0 Å². The Morgan fingerprint density at radius 1 is 0.967 bits per heavy atom. The van der Waals surface area contributed by atoms with Gasteiger partial charge in [-0.15, -0.1) is 0 Å². The second kappa shape index (κ2) is 9.09. The molecule has 0 bridgehead atoms. The van der Waals surface area contributed by atoms with Crippen LogP contribution in [0.25, 0.3) is 0 Å². The summed E-state index contributed by atoms with van der Waals surface area (Å²) in [5, 5.41) is 2.83. The van der Waals surface area contributed by atoms with Gasteiger partial charge in [0.05, 0.1) is 10.6 Å². The highest BCUT2D eigenvalue weighted by Gasteiger charge is 2.16. The highest BCUT2D eigenvalue weighted by molar-refractivity contribution is 7.92. The Morgan fingerprint density at radius 2 is 1.67 bits per heavy atom. The molecule has 2 aromatic carbocycles. The van der Waals surface area contributed by atoms with E-state index in [2.05, 4.69) is 15.0 Å². The summed E-state index contributed by atoms with van der Waals surface area (Å²) in [4.78, 5) is 16.9. The topological polar surface area (TPSA) is 88.2 Å². The number of aryl methyl sites for hydroxylation is 3. The van der Waals surface area contributed by atoms with Gasteiger partial charge >= 0.3 is 0 Å². The average molecular weight is 424 g/mol. The van der Waals surface area contributed by atoms with Crippen molar-refractivity contribution in [3.63, 3.8) is 0 Å². The number of rotatable bonds is 7. The number of hydrogen-bond acceptors (Lipinski definition) is 4. The molecule has 1 amide bonds. The molecular weight excluding hydrogens is 398 g/mol. The van der Waals surface area contributed by atoms with Gasteiger partial charge in [0.2, 0.25) is 0 Å². The van der Waals surface area contributed by atoms with Crippen molar-refractivity contribution in [2.24, 2.45) is 0 Å². The van der Waals surface area contributed by atoms with Gasteiger partial charge < -0.3 is 5.32 Å².